The van der Waals surface area contributed by atoms with Crippen molar-refractivity contribution in [3.05, 3.63) is 24.3 Å². The summed E-state index contributed by atoms with van der Waals surface area (Å²) in [5, 5.41) is 0.194. The number of rotatable bonds is 6. The first kappa shape index (κ1) is 14.2. The van der Waals surface area contributed by atoms with E-state index in [2.05, 4.69) is 4.98 Å². The van der Waals surface area contributed by atoms with E-state index in [1.807, 2.05) is 24.3 Å². The molecule has 0 aliphatic carbocycles. The van der Waals surface area contributed by atoms with E-state index in [1.54, 1.807) is 13.8 Å². The van der Waals surface area contributed by atoms with Crippen LogP contribution in [0.1, 0.15) is 20.3 Å². The number of nitrogens with zero attached hydrogens (tertiary/aromatic N) is 1. The van der Waals surface area contributed by atoms with Gasteiger partial charge in [0.25, 0.3) is 10.7 Å². The zero-order valence-electron chi connectivity index (χ0n) is 10.7. The molecule has 5 nitrogen and oxygen atoms in total. The van der Waals surface area contributed by atoms with Crippen molar-refractivity contribution in [2.75, 3.05) is 6.61 Å². The predicted molar refractivity (Wildman–Crippen MR) is 74.8 cm³/mol. The van der Waals surface area contributed by atoms with Gasteiger partial charge in [-0.1, -0.05) is 30.4 Å². The van der Waals surface area contributed by atoms with Crippen LogP contribution in [0.4, 0.5) is 0 Å². The van der Waals surface area contributed by atoms with Crippen molar-refractivity contribution in [3.8, 4) is 5.19 Å². The van der Waals surface area contributed by atoms with Crippen molar-refractivity contribution in [1.29, 1.82) is 0 Å². The minimum atomic E-state index is -3.78. The highest BCUT2D eigenvalue weighted by atomic mass is 32.1. The van der Waals surface area contributed by atoms with E-state index in [0.717, 1.165) is 10.2 Å². The molecule has 1 aromatic carbocycles. The van der Waals surface area contributed by atoms with E-state index in [9.17, 15) is 9.36 Å². The van der Waals surface area contributed by atoms with Crippen LogP contribution in [-0.2, 0) is 13.9 Å². The van der Waals surface area contributed by atoms with Gasteiger partial charge in [-0.15, -0.1) is 0 Å². The average molecular weight is 299 g/mol. The van der Waals surface area contributed by atoms with Crippen LogP contribution in [0.15, 0.2) is 24.3 Å². The summed E-state index contributed by atoms with van der Waals surface area (Å²) in [4.78, 5) is 15.9. The molecule has 0 aliphatic heterocycles. The van der Waals surface area contributed by atoms with E-state index < -0.39 is 13.1 Å². The van der Waals surface area contributed by atoms with Crippen LogP contribution in [-0.4, -0.2) is 17.1 Å². The summed E-state index contributed by atoms with van der Waals surface area (Å²) in [5.74, 6) is 0. The molecule has 0 saturated carbocycles. The average Bonchev–Trinajstić information content (AvgIpc) is 2.79. The minimum Gasteiger partial charge on any atom is -0.391 e. The lowest BCUT2D eigenvalue weighted by Gasteiger charge is -2.14. The van der Waals surface area contributed by atoms with Crippen molar-refractivity contribution in [2.45, 2.75) is 20.3 Å². The summed E-state index contributed by atoms with van der Waals surface area (Å²) in [6.45, 7) is 3.43. The van der Waals surface area contributed by atoms with E-state index in [4.69, 9.17) is 9.05 Å². The van der Waals surface area contributed by atoms with Gasteiger partial charge in [0.2, 0.25) is 0 Å². The molecule has 7 heteroatoms. The highest BCUT2D eigenvalue weighted by Crippen LogP contribution is 2.51. The number of thiazole rings is 1. The number of fused-ring (bicyclic) bond motifs is 1. The molecule has 0 radical (unpaired) electrons. The van der Waals surface area contributed by atoms with Crippen molar-refractivity contribution < 1.29 is 18.4 Å². The quantitative estimate of drug-likeness (QED) is 0.758. The summed E-state index contributed by atoms with van der Waals surface area (Å²) < 4.78 is 23.6. The lowest BCUT2D eigenvalue weighted by atomic mass is 10.3. The highest BCUT2D eigenvalue weighted by Gasteiger charge is 2.35. The fraction of sp³-hybridized carbons (Fsp3) is 0.333. The second-order valence-electron chi connectivity index (χ2n) is 3.70. The van der Waals surface area contributed by atoms with Gasteiger partial charge in [0.15, 0.2) is 0 Å². The minimum absolute atomic E-state index is 0.0994. The Morgan fingerprint density at radius 3 is 2.74 bits per heavy atom. The molecule has 0 fully saturated rings. The standard InChI is InChI=1S/C12H14NO4PS/c1-3-11(14)18(15,16-4-2)17-12-13-9-7-5-6-8-10(9)19-12/h5-8H,3-4H2,1-2H3. The molecular weight excluding hydrogens is 285 g/mol. The largest absolute Gasteiger partial charge is 0.448 e. The van der Waals surface area contributed by atoms with Crippen molar-refractivity contribution in [3.63, 3.8) is 0 Å². The number of hydrogen-bond donors (Lipinski definition) is 0. The number of para-hydroxylation sites is 1. The molecule has 1 heterocycles. The number of benzene rings is 1. The van der Waals surface area contributed by atoms with Crippen LogP contribution in [0, 0.1) is 0 Å². The number of carbonyl (C=O) groups excluding carboxylic acids is 1. The third kappa shape index (κ3) is 3.03. The zero-order chi connectivity index (χ0) is 13.9. The van der Waals surface area contributed by atoms with Crippen LogP contribution >= 0.6 is 18.9 Å². The summed E-state index contributed by atoms with van der Waals surface area (Å²) >= 11 is 1.24. The molecule has 0 bridgehead atoms. The van der Waals surface area contributed by atoms with Crippen LogP contribution in [0.5, 0.6) is 5.19 Å². The Morgan fingerprint density at radius 1 is 1.37 bits per heavy atom. The Morgan fingerprint density at radius 2 is 2.11 bits per heavy atom. The van der Waals surface area contributed by atoms with Gasteiger partial charge >= 0.3 is 7.60 Å². The SMILES string of the molecule is CCOP(=O)(Oc1nc2ccccc2s1)C(=O)CC. The summed E-state index contributed by atoms with van der Waals surface area (Å²) in [6.07, 6.45) is 0.0994. The smallest absolute Gasteiger partial charge is 0.391 e. The Labute approximate surface area is 115 Å². The van der Waals surface area contributed by atoms with E-state index in [1.165, 1.54) is 11.3 Å². The maximum Gasteiger partial charge on any atom is 0.448 e. The molecule has 0 amide bonds. The van der Waals surface area contributed by atoms with Gasteiger partial charge in [-0.3, -0.25) is 9.32 Å². The molecule has 2 rings (SSSR count). The monoisotopic (exact) mass is 299 g/mol. The molecular formula is C12H14NO4PS. The second-order valence-corrected chi connectivity index (χ2v) is 6.63. The molecule has 0 saturated heterocycles. The van der Waals surface area contributed by atoms with Crippen LogP contribution in [0.3, 0.4) is 0 Å². The first-order valence-electron chi connectivity index (χ1n) is 5.92. The lowest BCUT2D eigenvalue weighted by molar-refractivity contribution is -0.113. The molecule has 2 aromatic rings. The summed E-state index contributed by atoms with van der Waals surface area (Å²) in [5.41, 5.74) is 0.211. The Kier molecular flexibility index (Phi) is 4.34. The topological polar surface area (TPSA) is 65.5 Å². The third-order valence-electron chi connectivity index (χ3n) is 2.38. The van der Waals surface area contributed by atoms with Gasteiger partial charge in [-0.25, -0.2) is 9.55 Å². The van der Waals surface area contributed by atoms with E-state index >= 15 is 0 Å². The van der Waals surface area contributed by atoms with Gasteiger partial charge in [-0.2, -0.15) is 0 Å². The predicted octanol–water partition coefficient (Wildman–Crippen LogP) is 3.84. The maximum absolute atomic E-state index is 12.4. The maximum atomic E-state index is 12.4. The Balaban J connectivity index is 2.31. The lowest BCUT2D eigenvalue weighted by Crippen LogP contribution is -2.07. The molecule has 1 aromatic heterocycles. The zero-order valence-corrected chi connectivity index (χ0v) is 12.4. The van der Waals surface area contributed by atoms with Gasteiger partial charge in [0.1, 0.15) is 0 Å². The van der Waals surface area contributed by atoms with E-state index in [0.29, 0.717) is 0 Å². The first-order valence-corrected chi connectivity index (χ1v) is 8.28. The highest BCUT2D eigenvalue weighted by molar-refractivity contribution is 7.72. The second kappa shape index (κ2) is 5.82. The van der Waals surface area contributed by atoms with Crippen LogP contribution in [0.25, 0.3) is 10.2 Å². The number of hydrogen-bond acceptors (Lipinski definition) is 6. The van der Waals surface area contributed by atoms with Crippen molar-refractivity contribution in [2.24, 2.45) is 0 Å². The normalized spacial score (nSPS) is 14.2. The fourth-order valence-corrected chi connectivity index (χ4v) is 3.92. The molecule has 1 atom stereocenters. The third-order valence-corrected chi connectivity index (χ3v) is 5.36. The van der Waals surface area contributed by atoms with E-state index in [-0.39, 0.29) is 18.2 Å². The Hall–Kier alpha value is -1.23. The van der Waals surface area contributed by atoms with Crippen molar-refractivity contribution >= 4 is 34.7 Å². The number of carbonyl (C=O) groups is 1. The van der Waals surface area contributed by atoms with Crippen molar-refractivity contribution in [1.82, 2.24) is 4.98 Å². The summed E-state index contributed by atoms with van der Waals surface area (Å²) in [6, 6.07) is 7.44. The fourth-order valence-electron chi connectivity index (χ4n) is 1.51. The molecule has 1 unspecified atom stereocenters. The molecule has 19 heavy (non-hydrogen) atoms. The summed E-state index contributed by atoms with van der Waals surface area (Å²) in [7, 11) is -3.78. The molecule has 102 valence electrons. The number of aromatic nitrogens is 1. The van der Waals surface area contributed by atoms with Crippen LogP contribution < -0.4 is 4.52 Å². The Bertz CT molecular complexity index is 606. The molecule has 0 N–H and O–H groups in total. The van der Waals surface area contributed by atoms with Gasteiger partial charge in [0, 0.05) is 6.42 Å². The van der Waals surface area contributed by atoms with Crippen LogP contribution in [0.2, 0.25) is 0 Å². The van der Waals surface area contributed by atoms with Gasteiger partial charge in [-0.05, 0) is 19.1 Å². The van der Waals surface area contributed by atoms with Gasteiger partial charge < -0.3 is 4.52 Å². The van der Waals surface area contributed by atoms with Gasteiger partial charge in [0.05, 0.1) is 16.8 Å². The first-order chi connectivity index (χ1) is 9.09. The molecule has 0 aliphatic rings. The molecule has 0 spiro atoms.